The summed E-state index contributed by atoms with van der Waals surface area (Å²) in [5.41, 5.74) is 9.82. The fraction of sp³-hybridized carbons (Fsp3) is 0.436. The molecule has 0 N–H and O–H groups in total. The largest absolute Gasteiger partial charge is 4.00 e. The van der Waals surface area contributed by atoms with Crippen LogP contribution in [0.1, 0.15) is 102 Å². The van der Waals surface area contributed by atoms with Gasteiger partial charge in [-0.1, -0.05) is 145 Å². The number of allylic oxidation sites excluding steroid dienone is 4. The molecule has 0 aliphatic heterocycles. The molecule has 44 heavy (non-hydrogen) atoms. The van der Waals surface area contributed by atoms with Crippen molar-refractivity contribution < 1.29 is 58.9 Å². The molecule has 236 valence electrons. The third kappa shape index (κ3) is 8.64. The van der Waals surface area contributed by atoms with Crippen molar-refractivity contribution in [2.75, 3.05) is 0 Å². The standard InChI is InChI=1S/C39H51Si.3ClH.Ti/c1-13-30(6)36-15-14-16-37(36)40(33-19-26(2)17-27(3)20-33,34-21-28(4)18-29(5)22-34)35-24-31(38(7,8)9)23-32(25-35)39(10,11)12;;;;/h15,17-25,30H,13-14H2,1-12H3;3*1H;/q-1;;;;+4/p-3. The van der Waals surface area contributed by atoms with Crippen molar-refractivity contribution in [3.05, 3.63) is 111 Å². The molecule has 5 heteroatoms. The van der Waals surface area contributed by atoms with Gasteiger partial charge < -0.3 is 37.2 Å². The SMILES string of the molecule is CCC(C)C1=CC[C-]=C1[Si](c1cc(C)cc(C)c1)(c1cc(C)cc(C)c1)c1cc(C(C)(C)C)cc(C(C)(C)C)c1.[Cl-].[Cl-].[Cl-].[Ti+4]. The van der Waals surface area contributed by atoms with Crippen LogP contribution >= 0.6 is 0 Å². The second kappa shape index (κ2) is 16.2. The number of halogens is 3. The summed E-state index contributed by atoms with van der Waals surface area (Å²) < 4.78 is 0. The molecule has 1 aliphatic rings. The van der Waals surface area contributed by atoms with E-state index in [1.165, 1.54) is 59.7 Å². The summed E-state index contributed by atoms with van der Waals surface area (Å²) in [6.45, 7) is 28.0. The van der Waals surface area contributed by atoms with Gasteiger partial charge in [-0.15, -0.1) is 6.42 Å². The zero-order valence-electron chi connectivity index (χ0n) is 28.9. The van der Waals surface area contributed by atoms with Gasteiger partial charge in [0.05, 0.1) is 0 Å². The van der Waals surface area contributed by atoms with Crippen LogP contribution in [0.15, 0.2) is 71.4 Å². The summed E-state index contributed by atoms with van der Waals surface area (Å²) in [7, 11) is -2.74. The Morgan fingerprint density at radius 2 is 1.00 bits per heavy atom. The van der Waals surface area contributed by atoms with Gasteiger partial charge in [0.1, 0.15) is 8.07 Å². The first-order chi connectivity index (χ1) is 18.6. The predicted molar refractivity (Wildman–Crippen MR) is 179 cm³/mol. The van der Waals surface area contributed by atoms with Crippen molar-refractivity contribution in [2.45, 2.75) is 107 Å². The van der Waals surface area contributed by atoms with Gasteiger partial charge in [0.25, 0.3) is 0 Å². The predicted octanol–water partition coefficient (Wildman–Crippen LogP) is -0.360. The van der Waals surface area contributed by atoms with Crippen LogP contribution in [0.2, 0.25) is 0 Å². The molecular weight excluding hydrogens is 651 g/mol. The molecule has 1 unspecified atom stereocenters. The van der Waals surface area contributed by atoms with Crippen molar-refractivity contribution in [1.82, 2.24) is 0 Å². The van der Waals surface area contributed by atoms with E-state index in [-0.39, 0.29) is 69.8 Å². The average Bonchev–Trinajstić information content (AvgIpc) is 3.32. The molecule has 3 aromatic rings. The fourth-order valence-electron chi connectivity index (χ4n) is 6.51. The maximum absolute atomic E-state index is 4.04. The molecule has 0 radical (unpaired) electrons. The Labute approximate surface area is 304 Å². The first-order valence-corrected chi connectivity index (χ1v) is 17.2. The number of aryl methyl sites for hydroxylation is 4. The fourth-order valence-corrected chi connectivity index (χ4v) is 12.0. The van der Waals surface area contributed by atoms with E-state index in [4.69, 9.17) is 0 Å². The summed E-state index contributed by atoms with van der Waals surface area (Å²) in [4.78, 5) is 0. The van der Waals surface area contributed by atoms with Crippen LogP contribution in [-0.2, 0) is 32.5 Å². The Kier molecular flexibility index (Phi) is 15.8. The summed E-state index contributed by atoms with van der Waals surface area (Å²) in [6.07, 6.45) is 8.56. The zero-order valence-corrected chi connectivity index (χ0v) is 33.7. The number of rotatable bonds is 6. The summed E-state index contributed by atoms with van der Waals surface area (Å²) in [5, 5.41) is 5.96. The second-order valence-electron chi connectivity index (χ2n) is 14.5. The third-order valence-corrected chi connectivity index (χ3v) is 13.5. The molecule has 0 fully saturated rings. The normalized spacial score (nSPS) is 13.8. The van der Waals surface area contributed by atoms with E-state index < -0.39 is 8.07 Å². The van der Waals surface area contributed by atoms with Gasteiger partial charge in [0.15, 0.2) is 0 Å². The zero-order chi connectivity index (χ0) is 29.6. The van der Waals surface area contributed by atoms with Crippen LogP contribution in [0.5, 0.6) is 0 Å². The van der Waals surface area contributed by atoms with Crippen LogP contribution in [0.25, 0.3) is 0 Å². The number of hydrogen-bond donors (Lipinski definition) is 0. The van der Waals surface area contributed by atoms with E-state index in [0.717, 1.165) is 12.8 Å². The Morgan fingerprint density at radius 3 is 1.34 bits per heavy atom. The average molecular weight is 702 g/mol. The number of hydrogen-bond acceptors (Lipinski definition) is 0. The summed E-state index contributed by atoms with van der Waals surface area (Å²) >= 11 is 0. The van der Waals surface area contributed by atoms with Gasteiger partial charge in [-0.25, -0.2) is 5.20 Å². The Bertz CT molecular complexity index is 1360. The van der Waals surface area contributed by atoms with Gasteiger partial charge in [-0.05, 0) is 65.2 Å². The molecule has 0 spiro atoms. The molecule has 0 heterocycles. The quantitative estimate of drug-likeness (QED) is 0.187. The van der Waals surface area contributed by atoms with Gasteiger partial charge in [-0.2, -0.15) is 11.6 Å². The van der Waals surface area contributed by atoms with E-state index in [1.807, 2.05) is 0 Å². The van der Waals surface area contributed by atoms with Crippen molar-refractivity contribution in [1.29, 1.82) is 0 Å². The molecule has 3 aromatic carbocycles. The molecule has 1 atom stereocenters. The molecule has 0 saturated heterocycles. The maximum Gasteiger partial charge on any atom is 4.00 e. The summed E-state index contributed by atoms with van der Waals surface area (Å²) in [6, 6.07) is 22.3. The topological polar surface area (TPSA) is 0 Å². The molecule has 0 saturated carbocycles. The van der Waals surface area contributed by atoms with Gasteiger partial charge in [-0.3, -0.25) is 6.08 Å². The molecule has 4 rings (SSSR count). The molecule has 0 bridgehead atoms. The molecule has 0 amide bonds. The Balaban J connectivity index is 0.00000462. The van der Waals surface area contributed by atoms with Crippen LogP contribution in [0.3, 0.4) is 0 Å². The van der Waals surface area contributed by atoms with E-state index in [1.54, 1.807) is 0 Å². The van der Waals surface area contributed by atoms with Crippen LogP contribution in [-0.4, -0.2) is 8.07 Å². The molecular formula is C39H51Cl3SiTi. The minimum Gasteiger partial charge on any atom is -1.00 e. The van der Waals surface area contributed by atoms with E-state index >= 15 is 0 Å². The van der Waals surface area contributed by atoms with Crippen LogP contribution in [0, 0.1) is 39.7 Å². The van der Waals surface area contributed by atoms with Crippen molar-refractivity contribution in [3.63, 3.8) is 0 Å². The van der Waals surface area contributed by atoms with Crippen LogP contribution in [0.4, 0.5) is 0 Å². The first kappa shape index (κ1) is 42.9. The van der Waals surface area contributed by atoms with Gasteiger partial charge >= 0.3 is 21.7 Å². The van der Waals surface area contributed by atoms with Gasteiger partial charge in [0, 0.05) is 0 Å². The monoisotopic (exact) mass is 700 g/mol. The Morgan fingerprint density at radius 1 is 0.636 bits per heavy atom. The molecule has 0 aromatic heterocycles. The van der Waals surface area contributed by atoms with Crippen molar-refractivity contribution in [2.24, 2.45) is 5.92 Å². The Hall–Kier alpha value is -1.06. The maximum atomic E-state index is 4.04. The van der Waals surface area contributed by atoms with Crippen molar-refractivity contribution in [3.8, 4) is 0 Å². The smallest absolute Gasteiger partial charge is 1.00 e. The molecule has 0 nitrogen and oxygen atoms in total. The third-order valence-electron chi connectivity index (χ3n) is 8.82. The first-order valence-electron chi connectivity index (χ1n) is 15.2. The van der Waals surface area contributed by atoms with Crippen molar-refractivity contribution >= 4 is 23.6 Å². The van der Waals surface area contributed by atoms with E-state index in [2.05, 4.69) is 150 Å². The molecule has 1 aliphatic carbocycles. The summed E-state index contributed by atoms with van der Waals surface area (Å²) in [5.74, 6) is 0.501. The van der Waals surface area contributed by atoms with Gasteiger partial charge in [0.2, 0.25) is 0 Å². The number of benzene rings is 3. The minimum atomic E-state index is -2.74. The second-order valence-corrected chi connectivity index (χ2v) is 18.3. The van der Waals surface area contributed by atoms with Crippen LogP contribution < -0.4 is 52.8 Å². The van der Waals surface area contributed by atoms with E-state index in [9.17, 15) is 0 Å². The van der Waals surface area contributed by atoms with E-state index in [0.29, 0.717) is 5.92 Å². The minimum absolute atomic E-state index is 0.